The van der Waals surface area contributed by atoms with E-state index in [0.29, 0.717) is 13.2 Å². The number of hydrogen-bond acceptors (Lipinski definition) is 3. The molecule has 0 fully saturated rings. The van der Waals surface area contributed by atoms with E-state index in [2.05, 4.69) is 34.1 Å². The van der Waals surface area contributed by atoms with Gasteiger partial charge in [-0.05, 0) is 42.5 Å². The molecule has 0 saturated heterocycles. The highest BCUT2D eigenvalue weighted by molar-refractivity contribution is 5.93. The molecule has 3 N–H and O–H groups in total. The molecule has 0 spiro atoms. The van der Waals surface area contributed by atoms with Gasteiger partial charge in [-0.3, -0.25) is 0 Å². The average Bonchev–Trinajstić information content (AvgIpc) is 2.64. The van der Waals surface area contributed by atoms with Gasteiger partial charge in [-0.2, -0.15) is 0 Å². The first-order chi connectivity index (χ1) is 12.3. The molecule has 0 heterocycles. The van der Waals surface area contributed by atoms with E-state index >= 15 is 0 Å². The molecule has 0 saturated carbocycles. The summed E-state index contributed by atoms with van der Waals surface area (Å²) in [7, 11) is 1.67. The van der Waals surface area contributed by atoms with Crippen molar-refractivity contribution in [1.82, 2.24) is 5.32 Å². The minimum atomic E-state index is -0.178. The summed E-state index contributed by atoms with van der Waals surface area (Å²) in [6.07, 6.45) is 3.15. The van der Waals surface area contributed by atoms with Gasteiger partial charge in [-0.1, -0.05) is 36.4 Å². The van der Waals surface area contributed by atoms with Crippen molar-refractivity contribution in [3.05, 3.63) is 59.7 Å². The zero-order valence-corrected chi connectivity index (χ0v) is 14.5. The molecule has 132 valence electrons. The third-order valence-electron chi connectivity index (χ3n) is 4.47. The van der Waals surface area contributed by atoms with Gasteiger partial charge < -0.3 is 20.7 Å². The van der Waals surface area contributed by atoms with Crippen molar-refractivity contribution in [2.45, 2.75) is 25.3 Å². The van der Waals surface area contributed by atoms with Gasteiger partial charge in [0, 0.05) is 13.7 Å². The van der Waals surface area contributed by atoms with Crippen LogP contribution in [-0.4, -0.2) is 26.3 Å². The summed E-state index contributed by atoms with van der Waals surface area (Å²) in [5, 5.41) is 9.35. The number of rotatable bonds is 6. The number of nitrogens with one attached hydrogen (secondary N) is 3. The van der Waals surface area contributed by atoms with Crippen molar-refractivity contribution in [2.75, 3.05) is 30.9 Å². The van der Waals surface area contributed by atoms with Crippen LogP contribution in [0.4, 0.5) is 16.2 Å². The SMILES string of the molecule is COCCNc1ccccc1NC(=O)NC1CCCc2ccccc21. The van der Waals surface area contributed by atoms with Crippen LogP contribution in [0.3, 0.4) is 0 Å². The van der Waals surface area contributed by atoms with Crippen LogP contribution < -0.4 is 16.0 Å². The van der Waals surface area contributed by atoms with Crippen LogP contribution in [0.1, 0.15) is 30.0 Å². The number of para-hydroxylation sites is 2. The van der Waals surface area contributed by atoms with Crippen LogP contribution in [0.2, 0.25) is 0 Å². The highest BCUT2D eigenvalue weighted by atomic mass is 16.5. The smallest absolute Gasteiger partial charge is 0.319 e. The Bertz CT molecular complexity index is 718. The lowest BCUT2D eigenvalue weighted by Crippen LogP contribution is -2.34. The van der Waals surface area contributed by atoms with E-state index in [9.17, 15) is 4.79 Å². The number of carbonyl (C=O) groups excluding carboxylic acids is 1. The van der Waals surface area contributed by atoms with E-state index in [1.54, 1.807) is 7.11 Å². The molecule has 0 aliphatic heterocycles. The monoisotopic (exact) mass is 339 g/mol. The summed E-state index contributed by atoms with van der Waals surface area (Å²) < 4.78 is 5.06. The van der Waals surface area contributed by atoms with E-state index in [0.717, 1.165) is 30.6 Å². The van der Waals surface area contributed by atoms with E-state index in [1.165, 1.54) is 11.1 Å². The lowest BCUT2D eigenvalue weighted by Gasteiger charge is -2.26. The van der Waals surface area contributed by atoms with Crippen molar-refractivity contribution in [1.29, 1.82) is 0 Å². The van der Waals surface area contributed by atoms with Gasteiger partial charge in [0.2, 0.25) is 0 Å². The minimum absolute atomic E-state index is 0.0681. The molecule has 1 atom stereocenters. The maximum atomic E-state index is 12.5. The molecule has 5 heteroatoms. The highest BCUT2D eigenvalue weighted by Crippen LogP contribution is 2.29. The normalized spacial score (nSPS) is 16.0. The lowest BCUT2D eigenvalue weighted by atomic mass is 9.88. The number of aryl methyl sites for hydroxylation is 1. The van der Waals surface area contributed by atoms with Gasteiger partial charge >= 0.3 is 6.03 Å². The molecule has 1 aliphatic carbocycles. The first kappa shape index (κ1) is 17.3. The number of fused-ring (bicyclic) bond motifs is 1. The van der Waals surface area contributed by atoms with Gasteiger partial charge in [-0.25, -0.2) is 4.79 Å². The molecule has 0 radical (unpaired) electrons. The van der Waals surface area contributed by atoms with Crippen LogP contribution in [0.25, 0.3) is 0 Å². The Balaban J connectivity index is 1.64. The van der Waals surface area contributed by atoms with Crippen molar-refractivity contribution in [3.8, 4) is 0 Å². The summed E-state index contributed by atoms with van der Waals surface area (Å²) >= 11 is 0. The maximum Gasteiger partial charge on any atom is 0.319 e. The Morgan fingerprint density at radius 3 is 2.72 bits per heavy atom. The topological polar surface area (TPSA) is 62.4 Å². The number of carbonyl (C=O) groups is 1. The molecule has 1 aliphatic rings. The largest absolute Gasteiger partial charge is 0.383 e. The second-order valence-electron chi connectivity index (χ2n) is 6.21. The van der Waals surface area contributed by atoms with E-state index in [1.807, 2.05) is 30.3 Å². The summed E-state index contributed by atoms with van der Waals surface area (Å²) in [5.41, 5.74) is 4.22. The molecule has 1 unspecified atom stereocenters. The lowest BCUT2D eigenvalue weighted by molar-refractivity contribution is 0.211. The van der Waals surface area contributed by atoms with Crippen molar-refractivity contribution < 1.29 is 9.53 Å². The standard InChI is InChI=1S/C20H25N3O2/c1-25-14-13-21-18-10-4-5-11-19(18)23-20(24)22-17-12-6-8-15-7-2-3-9-16(15)17/h2-5,7,9-11,17,21H,6,8,12-14H2,1H3,(H2,22,23,24). The highest BCUT2D eigenvalue weighted by Gasteiger charge is 2.21. The Hall–Kier alpha value is -2.53. The molecule has 2 amide bonds. The number of hydrogen-bond donors (Lipinski definition) is 3. The minimum Gasteiger partial charge on any atom is -0.383 e. The summed E-state index contributed by atoms with van der Waals surface area (Å²) in [6, 6.07) is 15.9. The Kier molecular flexibility index (Phi) is 5.90. The Morgan fingerprint density at radius 2 is 1.88 bits per heavy atom. The number of urea groups is 1. The van der Waals surface area contributed by atoms with Crippen LogP contribution in [0.15, 0.2) is 48.5 Å². The zero-order chi connectivity index (χ0) is 17.5. The average molecular weight is 339 g/mol. The zero-order valence-electron chi connectivity index (χ0n) is 14.5. The number of anilines is 2. The fourth-order valence-corrected chi connectivity index (χ4v) is 3.25. The molecule has 5 nitrogen and oxygen atoms in total. The quantitative estimate of drug-likeness (QED) is 0.699. The second-order valence-corrected chi connectivity index (χ2v) is 6.21. The Labute approximate surface area is 148 Å². The van der Waals surface area contributed by atoms with Crippen molar-refractivity contribution in [2.24, 2.45) is 0 Å². The first-order valence-electron chi connectivity index (χ1n) is 8.75. The first-order valence-corrected chi connectivity index (χ1v) is 8.75. The maximum absolute atomic E-state index is 12.5. The van der Waals surface area contributed by atoms with Gasteiger partial charge in [0.05, 0.1) is 24.0 Å². The van der Waals surface area contributed by atoms with Gasteiger partial charge in [-0.15, -0.1) is 0 Å². The molecule has 0 aromatic heterocycles. The third-order valence-corrected chi connectivity index (χ3v) is 4.47. The molecule has 3 rings (SSSR count). The predicted octanol–water partition coefficient (Wildman–Crippen LogP) is 3.94. The summed E-state index contributed by atoms with van der Waals surface area (Å²) in [6.45, 7) is 1.30. The number of benzene rings is 2. The predicted molar refractivity (Wildman–Crippen MR) is 101 cm³/mol. The van der Waals surface area contributed by atoms with Gasteiger partial charge in [0.15, 0.2) is 0 Å². The molecular weight excluding hydrogens is 314 g/mol. The molecule has 2 aromatic rings. The summed E-state index contributed by atoms with van der Waals surface area (Å²) in [4.78, 5) is 12.5. The molecule has 2 aromatic carbocycles. The van der Waals surface area contributed by atoms with Crippen LogP contribution >= 0.6 is 0 Å². The van der Waals surface area contributed by atoms with Gasteiger partial charge in [0.1, 0.15) is 0 Å². The molecular formula is C20H25N3O2. The number of ether oxygens (including phenoxy) is 1. The van der Waals surface area contributed by atoms with Crippen LogP contribution in [-0.2, 0) is 11.2 Å². The van der Waals surface area contributed by atoms with Gasteiger partial charge in [0.25, 0.3) is 0 Å². The third kappa shape index (κ3) is 4.51. The van der Waals surface area contributed by atoms with E-state index in [4.69, 9.17) is 4.74 Å². The summed E-state index contributed by atoms with van der Waals surface area (Å²) in [5.74, 6) is 0. The second kappa shape index (κ2) is 8.53. The van der Waals surface area contributed by atoms with E-state index in [-0.39, 0.29) is 12.1 Å². The Morgan fingerprint density at radius 1 is 1.12 bits per heavy atom. The van der Waals surface area contributed by atoms with Crippen LogP contribution in [0.5, 0.6) is 0 Å². The van der Waals surface area contributed by atoms with Crippen molar-refractivity contribution >= 4 is 17.4 Å². The fourth-order valence-electron chi connectivity index (χ4n) is 3.25. The number of amides is 2. The van der Waals surface area contributed by atoms with Crippen LogP contribution in [0, 0.1) is 0 Å². The molecule has 0 bridgehead atoms. The van der Waals surface area contributed by atoms with E-state index < -0.39 is 0 Å². The molecule has 25 heavy (non-hydrogen) atoms. The van der Waals surface area contributed by atoms with Crippen molar-refractivity contribution in [3.63, 3.8) is 0 Å². The fraction of sp³-hybridized carbons (Fsp3) is 0.350. The number of methoxy groups -OCH3 is 1.